The van der Waals surface area contributed by atoms with Crippen LogP contribution in [0.5, 0.6) is 0 Å². The van der Waals surface area contributed by atoms with Crippen molar-refractivity contribution >= 4 is 0 Å². The molecular weight excluding hydrogens is 301 g/mol. The standard InChI is InChI=1S/4CHN.Au/c4*1-2;/h4*1H;. The summed E-state index contributed by atoms with van der Waals surface area (Å²) in [7, 11) is 0. The van der Waals surface area contributed by atoms with Crippen molar-refractivity contribution in [3.63, 3.8) is 0 Å². The first-order valence-corrected chi connectivity index (χ1v) is 1.03. The van der Waals surface area contributed by atoms with E-state index in [9.17, 15) is 0 Å². The SMILES string of the molecule is C#N.C#N.C#N.C#N.[Au]. The van der Waals surface area contributed by atoms with Gasteiger partial charge in [-0.05, 0) is 0 Å². The first-order valence-electron chi connectivity index (χ1n) is 1.03. The van der Waals surface area contributed by atoms with Crippen molar-refractivity contribution in [3.8, 4) is 26.3 Å². The van der Waals surface area contributed by atoms with Gasteiger partial charge in [0, 0.05) is 48.7 Å². The van der Waals surface area contributed by atoms with Gasteiger partial charge in [0.15, 0.2) is 0 Å². The summed E-state index contributed by atoms with van der Waals surface area (Å²) in [4.78, 5) is 0. The minimum atomic E-state index is 0. The van der Waals surface area contributed by atoms with Crippen LogP contribution in [-0.2, 0) is 22.4 Å². The monoisotopic (exact) mass is 305 g/mol. The largest absolute Gasteiger partial charge is 0.202 e. The zero-order valence-corrected chi connectivity index (χ0v) is 6.57. The Morgan fingerprint density at radius 3 is 0.444 bits per heavy atom. The summed E-state index contributed by atoms with van der Waals surface area (Å²) < 4.78 is 0. The molecule has 4 nitrogen and oxygen atoms in total. The Labute approximate surface area is 70.1 Å². The molecule has 0 spiro atoms. The molecule has 0 aromatic heterocycles. The minimum Gasteiger partial charge on any atom is -0.202 e. The van der Waals surface area contributed by atoms with E-state index in [0.29, 0.717) is 0 Å². The van der Waals surface area contributed by atoms with Gasteiger partial charge >= 0.3 is 0 Å². The Morgan fingerprint density at radius 1 is 0.444 bits per heavy atom. The molecule has 0 bridgehead atoms. The van der Waals surface area contributed by atoms with Gasteiger partial charge in [-0.25, -0.2) is 21.0 Å². The Kier molecular flexibility index (Phi) is 679. The molecule has 0 aliphatic heterocycles. The van der Waals surface area contributed by atoms with E-state index in [-0.39, 0.29) is 22.4 Å². The summed E-state index contributed by atoms with van der Waals surface area (Å²) in [5.74, 6) is 0. The molecule has 9 heavy (non-hydrogen) atoms. The van der Waals surface area contributed by atoms with Crippen LogP contribution in [0.25, 0.3) is 0 Å². The maximum Gasteiger partial charge on any atom is 0.0462 e. The van der Waals surface area contributed by atoms with E-state index in [2.05, 4.69) is 26.3 Å². The van der Waals surface area contributed by atoms with Gasteiger partial charge in [-0.1, -0.05) is 0 Å². The first kappa shape index (κ1) is 47.4. The summed E-state index contributed by atoms with van der Waals surface area (Å²) in [5.41, 5.74) is 0. The summed E-state index contributed by atoms with van der Waals surface area (Å²) in [5, 5.41) is 26.0. The van der Waals surface area contributed by atoms with E-state index < -0.39 is 0 Å². The first-order chi connectivity index (χ1) is 4.00. The molecule has 0 heterocycles. The van der Waals surface area contributed by atoms with E-state index in [1.165, 1.54) is 0 Å². The van der Waals surface area contributed by atoms with Crippen molar-refractivity contribution < 1.29 is 22.4 Å². The molecule has 0 atom stereocenters. The molecule has 0 unspecified atom stereocenters. The predicted molar refractivity (Wildman–Crippen MR) is 26.7 cm³/mol. The number of hydrogen-bond donors (Lipinski definition) is 0. The van der Waals surface area contributed by atoms with Crippen LogP contribution in [0.1, 0.15) is 0 Å². The predicted octanol–water partition coefficient (Wildman–Crippen LogP) is 0.557. The third-order valence-electron chi connectivity index (χ3n) is 0. The van der Waals surface area contributed by atoms with Crippen LogP contribution in [0.4, 0.5) is 0 Å². The molecule has 0 aromatic carbocycles. The second-order valence-electron chi connectivity index (χ2n) is 0. The Morgan fingerprint density at radius 2 is 0.444 bits per heavy atom. The van der Waals surface area contributed by atoms with Crippen molar-refractivity contribution in [2.75, 3.05) is 0 Å². The zero-order valence-electron chi connectivity index (χ0n) is 4.40. The van der Waals surface area contributed by atoms with Crippen LogP contribution < -0.4 is 0 Å². The van der Waals surface area contributed by atoms with Gasteiger partial charge in [-0.3, -0.25) is 0 Å². The van der Waals surface area contributed by atoms with Crippen LogP contribution in [0, 0.1) is 47.3 Å². The quantitative estimate of drug-likeness (QED) is 0.611. The third kappa shape index (κ3) is 87.6. The summed E-state index contributed by atoms with van der Waals surface area (Å²) in [6.45, 7) is 14.0. The normalized spacial score (nSPS) is 0.889. The molecule has 5 heteroatoms. The fraction of sp³-hybridized carbons (Fsp3) is 0. The topological polar surface area (TPSA) is 95.2 Å². The fourth-order valence-electron chi connectivity index (χ4n) is 0. The van der Waals surface area contributed by atoms with Crippen LogP contribution in [0.2, 0.25) is 0 Å². The average Bonchev–Trinajstić information content (AvgIpc) is 2.03. The van der Waals surface area contributed by atoms with Crippen LogP contribution in [-0.4, -0.2) is 0 Å². The maximum absolute atomic E-state index is 6.50. The molecule has 0 N–H and O–H groups in total. The second kappa shape index (κ2) is 129. The molecule has 0 aliphatic rings. The number of nitriles is 4. The van der Waals surface area contributed by atoms with Crippen molar-refractivity contribution in [3.05, 3.63) is 0 Å². The van der Waals surface area contributed by atoms with Crippen LogP contribution >= 0.6 is 0 Å². The minimum absolute atomic E-state index is 0. The Balaban J connectivity index is -0.00000000762. The molecule has 0 saturated heterocycles. The zero-order chi connectivity index (χ0) is 8.00. The molecule has 0 fully saturated rings. The van der Waals surface area contributed by atoms with Gasteiger partial charge in [0.1, 0.15) is 0 Å². The smallest absolute Gasteiger partial charge is 0.0462 e. The van der Waals surface area contributed by atoms with Crippen LogP contribution in [0.3, 0.4) is 0 Å². The number of hydrogen-bond acceptors (Lipinski definition) is 4. The number of nitrogens with zero attached hydrogens (tertiary/aromatic N) is 4. The van der Waals surface area contributed by atoms with Gasteiger partial charge in [-0.15, -0.1) is 0 Å². The third-order valence-corrected chi connectivity index (χ3v) is 0. The van der Waals surface area contributed by atoms with Gasteiger partial charge in [0.25, 0.3) is 0 Å². The van der Waals surface area contributed by atoms with E-state index in [1.807, 2.05) is 0 Å². The molecule has 0 amide bonds. The molecule has 0 saturated carbocycles. The van der Waals surface area contributed by atoms with E-state index >= 15 is 0 Å². The van der Waals surface area contributed by atoms with E-state index in [1.54, 1.807) is 0 Å². The molecule has 0 aromatic rings. The molecule has 0 rings (SSSR count). The van der Waals surface area contributed by atoms with Crippen LogP contribution in [0.15, 0.2) is 0 Å². The van der Waals surface area contributed by atoms with Crippen molar-refractivity contribution in [1.29, 1.82) is 21.0 Å². The second-order valence-corrected chi connectivity index (χ2v) is 0. The molecule has 0 aliphatic carbocycles. The Hall–Kier alpha value is -1.30. The molecule has 51 valence electrons. The van der Waals surface area contributed by atoms with Crippen molar-refractivity contribution in [1.82, 2.24) is 0 Å². The molecular formula is C4H4AuN4. The number of rotatable bonds is 0. The van der Waals surface area contributed by atoms with Gasteiger partial charge in [0.2, 0.25) is 0 Å². The van der Waals surface area contributed by atoms with Gasteiger partial charge in [0.05, 0.1) is 0 Å². The average molecular weight is 305 g/mol. The summed E-state index contributed by atoms with van der Waals surface area (Å²) in [6.07, 6.45) is 0. The Bertz CT molecular complexity index is 55.5. The summed E-state index contributed by atoms with van der Waals surface area (Å²) >= 11 is 0. The maximum atomic E-state index is 6.50. The summed E-state index contributed by atoms with van der Waals surface area (Å²) in [6, 6.07) is 0. The molecule has 1 radical (unpaired) electrons. The van der Waals surface area contributed by atoms with E-state index in [0.717, 1.165) is 0 Å². The van der Waals surface area contributed by atoms with E-state index in [4.69, 9.17) is 21.0 Å². The van der Waals surface area contributed by atoms with Crippen molar-refractivity contribution in [2.45, 2.75) is 0 Å². The van der Waals surface area contributed by atoms with Crippen molar-refractivity contribution in [2.24, 2.45) is 0 Å². The fourth-order valence-corrected chi connectivity index (χ4v) is 0. The van der Waals surface area contributed by atoms with Gasteiger partial charge < -0.3 is 0 Å². The van der Waals surface area contributed by atoms with Gasteiger partial charge in [-0.2, -0.15) is 0 Å².